The summed E-state index contributed by atoms with van der Waals surface area (Å²) in [6.45, 7) is 0.276. The Morgan fingerprint density at radius 2 is 1.77 bits per heavy atom. The van der Waals surface area contributed by atoms with Gasteiger partial charge in [0.1, 0.15) is 17.5 Å². The molecule has 1 aliphatic carbocycles. The number of amides is 2. The first kappa shape index (κ1) is 24.8. The molecule has 0 spiro atoms. The summed E-state index contributed by atoms with van der Waals surface area (Å²) in [5, 5.41) is 15.0. The van der Waals surface area contributed by atoms with Crippen LogP contribution in [0.2, 0.25) is 0 Å². The Labute approximate surface area is 210 Å². The summed E-state index contributed by atoms with van der Waals surface area (Å²) in [5.41, 5.74) is 1.57. The zero-order valence-corrected chi connectivity index (χ0v) is 20.8. The van der Waals surface area contributed by atoms with Crippen LogP contribution >= 0.6 is 11.3 Å². The molecule has 0 radical (unpaired) electrons. The molecule has 184 valence electrons. The van der Waals surface area contributed by atoms with Crippen LogP contribution < -0.4 is 10.1 Å². The fraction of sp³-hybridized carbons (Fsp3) is 0.357. The van der Waals surface area contributed by atoms with Gasteiger partial charge in [0.2, 0.25) is 11.8 Å². The van der Waals surface area contributed by atoms with E-state index in [4.69, 9.17) is 4.74 Å². The molecule has 1 atom stereocenters. The predicted octanol–water partition coefficient (Wildman–Crippen LogP) is 5.22. The smallest absolute Gasteiger partial charge is 0.247 e. The van der Waals surface area contributed by atoms with Gasteiger partial charge in [0.25, 0.3) is 0 Å². The third kappa shape index (κ3) is 6.63. The Morgan fingerprint density at radius 3 is 2.40 bits per heavy atom. The molecule has 1 heterocycles. The second kappa shape index (κ2) is 11.9. The molecular formula is C28H32N2O4S. The molecule has 6 nitrogen and oxygen atoms in total. The molecule has 1 aromatic heterocycles. The zero-order valence-electron chi connectivity index (χ0n) is 20.0. The molecule has 2 amide bonds. The van der Waals surface area contributed by atoms with Gasteiger partial charge < -0.3 is 20.1 Å². The summed E-state index contributed by atoms with van der Waals surface area (Å²) in [6, 6.07) is 17.3. The number of thiophene rings is 1. The molecule has 1 aliphatic rings. The minimum atomic E-state index is -0.813. The molecule has 3 aromatic rings. The minimum Gasteiger partial charge on any atom is -0.508 e. The molecule has 4 rings (SSSR count). The van der Waals surface area contributed by atoms with Gasteiger partial charge in [-0.05, 0) is 59.7 Å². The molecule has 2 aromatic carbocycles. The number of rotatable bonds is 9. The first-order chi connectivity index (χ1) is 17.0. The number of phenolic OH excluding ortho intramolecular Hbond substituents is 1. The second-order valence-corrected chi connectivity index (χ2v) is 10.00. The van der Waals surface area contributed by atoms with Crippen molar-refractivity contribution in [2.24, 2.45) is 0 Å². The Bertz CT molecular complexity index is 1090. The Hall–Kier alpha value is -3.32. The highest BCUT2D eigenvalue weighted by molar-refractivity contribution is 7.10. The predicted molar refractivity (Wildman–Crippen MR) is 137 cm³/mol. The lowest BCUT2D eigenvalue weighted by molar-refractivity contribution is -0.141. The molecule has 1 fully saturated rings. The third-order valence-corrected chi connectivity index (χ3v) is 7.33. The number of phenols is 1. The van der Waals surface area contributed by atoms with Crippen LogP contribution in [0.1, 0.15) is 54.1 Å². The lowest BCUT2D eigenvalue weighted by Crippen LogP contribution is -2.47. The second-order valence-electron chi connectivity index (χ2n) is 8.96. The largest absolute Gasteiger partial charge is 0.508 e. The summed E-state index contributed by atoms with van der Waals surface area (Å²) >= 11 is 1.53. The van der Waals surface area contributed by atoms with Crippen molar-refractivity contribution in [1.82, 2.24) is 10.2 Å². The molecule has 0 aliphatic heterocycles. The fourth-order valence-electron chi connectivity index (χ4n) is 4.57. The van der Waals surface area contributed by atoms with E-state index >= 15 is 0 Å². The molecule has 2 N–H and O–H groups in total. The van der Waals surface area contributed by atoms with E-state index in [2.05, 4.69) is 5.32 Å². The van der Waals surface area contributed by atoms with E-state index in [1.165, 1.54) is 17.8 Å². The van der Waals surface area contributed by atoms with Gasteiger partial charge in [0.05, 0.1) is 13.5 Å². The van der Waals surface area contributed by atoms with Crippen LogP contribution in [-0.4, -0.2) is 35.0 Å². The SMILES string of the molecule is COc1ccc(CN(C(=O)Cc2cccs2)C(C(=O)NC2CCCCC2)c2ccc(O)cc2)cc1. The van der Waals surface area contributed by atoms with Crippen molar-refractivity contribution in [3.05, 3.63) is 82.0 Å². The van der Waals surface area contributed by atoms with Gasteiger partial charge in [-0.3, -0.25) is 9.59 Å². The number of nitrogens with one attached hydrogen (secondary N) is 1. The monoisotopic (exact) mass is 492 g/mol. The number of carbonyl (C=O) groups is 2. The molecule has 0 bridgehead atoms. The van der Waals surface area contributed by atoms with Crippen molar-refractivity contribution in [3.8, 4) is 11.5 Å². The fourth-order valence-corrected chi connectivity index (χ4v) is 5.27. The van der Waals surface area contributed by atoms with Crippen LogP contribution in [0.4, 0.5) is 0 Å². The van der Waals surface area contributed by atoms with Crippen molar-refractivity contribution in [2.45, 2.75) is 57.2 Å². The first-order valence-corrected chi connectivity index (χ1v) is 13.0. The average molecular weight is 493 g/mol. The zero-order chi connectivity index (χ0) is 24.6. The van der Waals surface area contributed by atoms with Crippen LogP contribution in [0.25, 0.3) is 0 Å². The Morgan fingerprint density at radius 1 is 1.06 bits per heavy atom. The van der Waals surface area contributed by atoms with Crippen LogP contribution in [0.5, 0.6) is 11.5 Å². The van der Waals surface area contributed by atoms with E-state index in [1.807, 2.05) is 41.8 Å². The number of hydrogen-bond donors (Lipinski definition) is 2. The molecule has 35 heavy (non-hydrogen) atoms. The van der Waals surface area contributed by atoms with E-state index in [9.17, 15) is 14.7 Å². The standard InChI is InChI=1S/C28H32N2O4S/c1-34-24-15-9-20(10-16-24)19-30(26(32)18-25-8-5-17-35-25)27(21-11-13-23(31)14-12-21)28(33)29-22-6-3-2-4-7-22/h5,8-17,22,27,31H,2-4,6-7,18-19H2,1H3,(H,29,33). The van der Waals surface area contributed by atoms with Crippen LogP contribution in [0.15, 0.2) is 66.0 Å². The lowest BCUT2D eigenvalue weighted by atomic mass is 9.94. The van der Waals surface area contributed by atoms with Gasteiger partial charge in [-0.25, -0.2) is 0 Å². The molecular weight excluding hydrogens is 460 g/mol. The maximum absolute atomic E-state index is 13.8. The summed E-state index contributed by atoms with van der Waals surface area (Å²) in [4.78, 5) is 30.1. The van der Waals surface area contributed by atoms with Gasteiger partial charge in [-0.15, -0.1) is 11.3 Å². The van der Waals surface area contributed by atoms with Gasteiger partial charge in [0, 0.05) is 17.5 Å². The first-order valence-electron chi connectivity index (χ1n) is 12.1. The van der Waals surface area contributed by atoms with Crippen molar-refractivity contribution in [1.29, 1.82) is 0 Å². The van der Waals surface area contributed by atoms with Crippen molar-refractivity contribution in [2.75, 3.05) is 7.11 Å². The maximum Gasteiger partial charge on any atom is 0.247 e. The summed E-state index contributed by atoms with van der Waals surface area (Å²) in [5.74, 6) is 0.540. The quantitative estimate of drug-likeness (QED) is 0.429. The van der Waals surface area contributed by atoms with E-state index in [0.717, 1.165) is 41.9 Å². The summed E-state index contributed by atoms with van der Waals surface area (Å²) in [7, 11) is 1.61. The van der Waals surface area contributed by atoms with Gasteiger partial charge >= 0.3 is 0 Å². The number of hydrogen-bond acceptors (Lipinski definition) is 5. The highest BCUT2D eigenvalue weighted by Gasteiger charge is 2.33. The summed E-state index contributed by atoms with van der Waals surface area (Å²) in [6.07, 6.45) is 5.52. The highest BCUT2D eigenvalue weighted by Crippen LogP contribution is 2.28. The number of ether oxygens (including phenoxy) is 1. The van der Waals surface area contributed by atoms with Gasteiger partial charge in [0.15, 0.2) is 0 Å². The van der Waals surface area contributed by atoms with Gasteiger partial charge in [-0.1, -0.05) is 49.6 Å². The van der Waals surface area contributed by atoms with E-state index in [1.54, 1.807) is 36.3 Å². The van der Waals surface area contributed by atoms with Crippen molar-refractivity contribution < 1.29 is 19.4 Å². The third-order valence-electron chi connectivity index (χ3n) is 6.46. The molecule has 0 saturated heterocycles. The van der Waals surface area contributed by atoms with Crippen LogP contribution in [-0.2, 0) is 22.6 Å². The van der Waals surface area contributed by atoms with E-state index < -0.39 is 6.04 Å². The summed E-state index contributed by atoms with van der Waals surface area (Å²) < 4.78 is 5.28. The van der Waals surface area contributed by atoms with Crippen LogP contribution in [0.3, 0.4) is 0 Å². The molecule has 1 saturated carbocycles. The molecule has 1 unspecified atom stereocenters. The highest BCUT2D eigenvalue weighted by atomic mass is 32.1. The number of aromatic hydroxyl groups is 1. The number of benzene rings is 2. The Kier molecular flexibility index (Phi) is 8.42. The minimum absolute atomic E-state index is 0.117. The average Bonchev–Trinajstić information content (AvgIpc) is 3.39. The maximum atomic E-state index is 13.8. The number of methoxy groups -OCH3 is 1. The number of nitrogens with zero attached hydrogens (tertiary/aromatic N) is 1. The van der Waals surface area contributed by atoms with E-state index in [-0.39, 0.29) is 36.6 Å². The molecule has 7 heteroatoms. The van der Waals surface area contributed by atoms with Crippen molar-refractivity contribution >= 4 is 23.2 Å². The topological polar surface area (TPSA) is 78.9 Å². The lowest BCUT2D eigenvalue weighted by Gasteiger charge is -2.33. The van der Waals surface area contributed by atoms with E-state index in [0.29, 0.717) is 5.56 Å². The van der Waals surface area contributed by atoms with Crippen molar-refractivity contribution in [3.63, 3.8) is 0 Å². The Balaban J connectivity index is 1.68. The van der Waals surface area contributed by atoms with Gasteiger partial charge in [-0.2, -0.15) is 0 Å². The normalized spacial score (nSPS) is 14.8. The number of carbonyl (C=O) groups excluding carboxylic acids is 2. The van der Waals surface area contributed by atoms with Crippen LogP contribution in [0, 0.1) is 0 Å².